The van der Waals surface area contributed by atoms with Gasteiger partial charge in [-0.15, -0.1) is 10.2 Å². The van der Waals surface area contributed by atoms with Crippen molar-refractivity contribution in [3.05, 3.63) is 71.8 Å². The van der Waals surface area contributed by atoms with Crippen LogP contribution in [-0.4, -0.2) is 74.1 Å². The van der Waals surface area contributed by atoms with Gasteiger partial charge in [-0.2, -0.15) is 0 Å². The predicted octanol–water partition coefficient (Wildman–Crippen LogP) is 7.20. The summed E-state index contributed by atoms with van der Waals surface area (Å²) in [6.45, 7) is 13.6. The van der Waals surface area contributed by atoms with Crippen molar-refractivity contribution in [2.45, 2.75) is 65.6 Å². The van der Waals surface area contributed by atoms with Crippen LogP contribution in [0.5, 0.6) is 0 Å². The third kappa shape index (κ3) is 7.38. The highest BCUT2D eigenvalue weighted by Gasteiger charge is 2.25. The monoisotopic (exact) mass is 597 g/mol. The molecule has 232 valence electrons. The maximum Gasteiger partial charge on any atom is 0.410 e. The average molecular weight is 598 g/mol. The van der Waals surface area contributed by atoms with Gasteiger partial charge in [-0.05, 0) is 76.7 Å². The Balaban J connectivity index is 1.22. The number of rotatable bonds is 4. The van der Waals surface area contributed by atoms with Crippen LogP contribution in [0.4, 0.5) is 9.59 Å². The van der Waals surface area contributed by atoms with Crippen LogP contribution in [-0.2, 0) is 16.5 Å². The molecule has 9 heteroatoms. The molecule has 9 nitrogen and oxygen atoms in total. The van der Waals surface area contributed by atoms with E-state index in [-0.39, 0.29) is 12.2 Å². The molecule has 0 N–H and O–H groups in total. The van der Waals surface area contributed by atoms with Gasteiger partial charge < -0.3 is 23.8 Å². The zero-order valence-electron chi connectivity index (χ0n) is 26.9. The quantitative estimate of drug-likeness (QED) is 0.316. The van der Waals surface area contributed by atoms with E-state index in [1.165, 1.54) is 11.1 Å². The molecule has 0 aliphatic carbocycles. The Bertz CT molecular complexity index is 1450. The molecule has 2 aliphatic rings. The Morgan fingerprint density at radius 2 is 0.955 bits per heavy atom. The first-order valence-electron chi connectivity index (χ1n) is 15.2. The molecule has 0 atom stereocenters. The fourth-order valence-electron chi connectivity index (χ4n) is 5.35. The number of hydrogen-bond acceptors (Lipinski definition) is 6. The van der Waals surface area contributed by atoms with Crippen molar-refractivity contribution in [1.82, 2.24) is 24.6 Å². The van der Waals surface area contributed by atoms with Gasteiger partial charge in [0.25, 0.3) is 0 Å². The molecule has 3 aromatic rings. The molecule has 1 aromatic heterocycles. The second kappa shape index (κ2) is 12.3. The Morgan fingerprint density at radius 3 is 1.25 bits per heavy atom. The zero-order chi connectivity index (χ0) is 31.6. The summed E-state index contributed by atoms with van der Waals surface area (Å²) in [4.78, 5) is 28.3. The van der Waals surface area contributed by atoms with Gasteiger partial charge in [0.1, 0.15) is 11.2 Å². The average Bonchev–Trinajstić information content (AvgIpc) is 3.37. The summed E-state index contributed by atoms with van der Waals surface area (Å²) in [5.74, 6) is 1.59. The number of benzene rings is 2. The molecule has 3 heterocycles. The summed E-state index contributed by atoms with van der Waals surface area (Å²) in [6, 6.07) is 16.7. The molecular formula is C35H43N5O4. The first-order valence-corrected chi connectivity index (χ1v) is 15.2. The lowest BCUT2D eigenvalue weighted by molar-refractivity contribution is 0.0260. The summed E-state index contributed by atoms with van der Waals surface area (Å²) in [7, 11) is 1.98. The van der Waals surface area contributed by atoms with Gasteiger partial charge in [0.15, 0.2) is 11.6 Å². The molecule has 2 aliphatic heterocycles. The number of hydrogen-bond donors (Lipinski definition) is 0. The maximum absolute atomic E-state index is 12.4. The Labute approximate surface area is 260 Å². The van der Waals surface area contributed by atoms with Gasteiger partial charge in [0.2, 0.25) is 0 Å². The third-order valence-corrected chi connectivity index (χ3v) is 7.62. The van der Waals surface area contributed by atoms with E-state index in [0.717, 1.165) is 46.7 Å². The van der Waals surface area contributed by atoms with Crippen LogP contribution in [0, 0.1) is 0 Å². The number of nitrogens with zero attached hydrogens (tertiary/aromatic N) is 5. The smallest absolute Gasteiger partial charge is 0.410 e. The van der Waals surface area contributed by atoms with Crippen molar-refractivity contribution in [3.63, 3.8) is 0 Å². The lowest BCUT2D eigenvalue weighted by Crippen LogP contribution is -2.39. The standard InChI is InChI=1S/C35H43N5O4/c1-34(2,3)43-32(41)39-20-16-26(17-21-39)24-8-12-28(13-9-24)30-36-37-31(38(30)7)29-14-10-25(11-15-29)27-18-22-40(23-19-27)33(42)44-35(4,5)6/h8-16,18H,17,19-23H2,1-7H3. The molecular weight excluding hydrogens is 554 g/mol. The predicted molar refractivity (Wildman–Crippen MR) is 173 cm³/mol. The number of amides is 2. The SMILES string of the molecule is Cn1c(-c2ccc(C3=CCN(C(=O)OC(C)(C)C)CC3)cc2)nnc1-c1ccc(C2=CCN(C(=O)OC(C)(C)C)CC2)cc1. The summed E-state index contributed by atoms with van der Waals surface area (Å²) in [5.41, 5.74) is 5.70. The number of carbonyl (C=O) groups excluding carboxylic acids is 2. The van der Waals surface area contributed by atoms with Crippen molar-refractivity contribution < 1.29 is 19.1 Å². The number of ether oxygens (including phenoxy) is 2. The maximum atomic E-state index is 12.4. The highest BCUT2D eigenvalue weighted by molar-refractivity contribution is 5.75. The first-order chi connectivity index (χ1) is 20.8. The largest absolute Gasteiger partial charge is 0.444 e. The van der Waals surface area contributed by atoms with E-state index in [9.17, 15) is 9.59 Å². The molecule has 0 saturated carbocycles. The Kier molecular flexibility index (Phi) is 8.68. The second-order valence-electron chi connectivity index (χ2n) is 13.4. The van der Waals surface area contributed by atoms with Crippen LogP contribution in [0.3, 0.4) is 0 Å². The molecule has 0 unspecified atom stereocenters. The fraction of sp³-hybridized carbons (Fsp3) is 0.429. The van der Waals surface area contributed by atoms with Crippen molar-refractivity contribution in [2.24, 2.45) is 7.05 Å². The number of carbonyl (C=O) groups is 2. The van der Waals surface area contributed by atoms with Crippen LogP contribution in [0.25, 0.3) is 33.9 Å². The lowest BCUT2D eigenvalue weighted by Gasteiger charge is -2.29. The van der Waals surface area contributed by atoms with Gasteiger partial charge in [0.05, 0.1) is 0 Å². The van der Waals surface area contributed by atoms with Gasteiger partial charge in [-0.1, -0.05) is 60.7 Å². The molecule has 0 radical (unpaired) electrons. The van der Waals surface area contributed by atoms with E-state index in [0.29, 0.717) is 26.2 Å². The molecule has 0 bridgehead atoms. The molecule has 0 saturated heterocycles. The molecule has 2 amide bonds. The summed E-state index contributed by atoms with van der Waals surface area (Å²) in [6.07, 6.45) is 5.23. The van der Waals surface area contributed by atoms with Crippen LogP contribution in [0.1, 0.15) is 65.5 Å². The molecule has 44 heavy (non-hydrogen) atoms. The summed E-state index contributed by atoms with van der Waals surface area (Å²) >= 11 is 0. The lowest BCUT2D eigenvalue weighted by atomic mass is 9.98. The Hall–Kier alpha value is -4.40. The highest BCUT2D eigenvalue weighted by atomic mass is 16.6. The first kappa shape index (κ1) is 31.0. The Morgan fingerprint density at radius 1 is 0.614 bits per heavy atom. The minimum Gasteiger partial charge on any atom is -0.444 e. The van der Waals surface area contributed by atoms with Crippen LogP contribution >= 0.6 is 0 Å². The van der Waals surface area contributed by atoms with E-state index in [4.69, 9.17) is 9.47 Å². The molecule has 5 rings (SSSR count). The second-order valence-corrected chi connectivity index (χ2v) is 13.4. The van der Waals surface area contributed by atoms with E-state index in [2.05, 4.69) is 70.9 Å². The van der Waals surface area contributed by atoms with Crippen LogP contribution in [0.15, 0.2) is 60.7 Å². The van der Waals surface area contributed by atoms with Crippen molar-refractivity contribution in [2.75, 3.05) is 26.2 Å². The number of aromatic nitrogens is 3. The zero-order valence-corrected chi connectivity index (χ0v) is 26.9. The molecule has 2 aromatic carbocycles. The van der Waals surface area contributed by atoms with Crippen LogP contribution < -0.4 is 0 Å². The van der Waals surface area contributed by atoms with E-state index >= 15 is 0 Å². The third-order valence-electron chi connectivity index (χ3n) is 7.62. The van der Waals surface area contributed by atoms with Crippen molar-refractivity contribution >= 4 is 23.3 Å². The minimum absolute atomic E-state index is 0.270. The summed E-state index contributed by atoms with van der Waals surface area (Å²) < 4.78 is 13.0. The topological polar surface area (TPSA) is 89.8 Å². The molecule has 0 spiro atoms. The minimum atomic E-state index is -0.498. The summed E-state index contributed by atoms with van der Waals surface area (Å²) in [5, 5.41) is 9.01. The van der Waals surface area contributed by atoms with E-state index in [1.54, 1.807) is 9.80 Å². The highest BCUT2D eigenvalue weighted by Crippen LogP contribution is 2.29. The van der Waals surface area contributed by atoms with Crippen molar-refractivity contribution in [3.8, 4) is 22.8 Å². The van der Waals surface area contributed by atoms with Gasteiger partial charge in [0, 0.05) is 44.4 Å². The van der Waals surface area contributed by atoms with Gasteiger partial charge in [-0.3, -0.25) is 0 Å². The van der Waals surface area contributed by atoms with Crippen LogP contribution in [0.2, 0.25) is 0 Å². The molecule has 0 fully saturated rings. The van der Waals surface area contributed by atoms with Gasteiger partial charge in [-0.25, -0.2) is 9.59 Å². The van der Waals surface area contributed by atoms with E-state index in [1.807, 2.05) is 53.2 Å². The fourth-order valence-corrected chi connectivity index (χ4v) is 5.35. The van der Waals surface area contributed by atoms with Crippen molar-refractivity contribution in [1.29, 1.82) is 0 Å². The van der Waals surface area contributed by atoms with Gasteiger partial charge >= 0.3 is 12.2 Å². The normalized spacial score (nSPS) is 15.9. The van der Waals surface area contributed by atoms with E-state index < -0.39 is 11.2 Å².